The molecule has 4 rings (SSSR count). The van der Waals surface area contributed by atoms with E-state index in [1.54, 1.807) is 7.11 Å². The van der Waals surface area contributed by atoms with Crippen LogP contribution in [0.1, 0.15) is 41.9 Å². The summed E-state index contributed by atoms with van der Waals surface area (Å²) in [4.78, 5) is 18.5. The third-order valence-corrected chi connectivity index (χ3v) is 5.26. The quantitative estimate of drug-likeness (QED) is 0.673. The first-order chi connectivity index (χ1) is 12.6. The number of fused-ring (bicyclic) bond motifs is 1. The van der Waals surface area contributed by atoms with E-state index < -0.39 is 0 Å². The zero-order valence-electron chi connectivity index (χ0n) is 14.8. The van der Waals surface area contributed by atoms with E-state index in [2.05, 4.69) is 11.9 Å². The second-order valence-electron chi connectivity index (χ2n) is 6.81. The van der Waals surface area contributed by atoms with E-state index in [-0.39, 0.29) is 11.9 Å². The number of hydrogen-bond acceptors (Lipinski definition) is 2. The molecule has 1 N–H and O–H groups in total. The zero-order chi connectivity index (χ0) is 18.3. The van der Waals surface area contributed by atoms with Crippen molar-refractivity contribution < 1.29 is 9.53 Å². The number of H-pyrrole nitrogens is 1. The van der Waals surface area contributed by atoms with Gasteiger partial charge in [-0.05, 0) is 55.7 Å². The summed E-state index contributed by atoms with van der Waals surface area (Å²) in [6.07, 6.45) is 2.11. The summed E-state index contributed by atoms with van der Waals surface area (Å²) >= 11 is 6.00. The zero-order valence-corrected chi connectivity index (χ0v) is 15.6. The van der Waals surface area contributed by atoms with Gasteiger partial charge in [0.1, 0.15) is 11.4 Å². The van der Waals surface area contributed by atoms with Crippen molar-refractivity contribution >= 4 is 28.4 Å². The van der Waals surface area contributed by atoms with Crippen LogP contribution in [0.4, 0.5) is 0 Å². The minimum absolute atomic E-state index is 0.00628. The molecule has 1 aliphatic rings. The molecule has 0 aliphatic heterocycles. The van der Waals surface area contributed by atoms with Gasteiger partial charge in [0.05, 0.1) is 13.2 Å². The largest absolute Gasteiger partial charge is 0.497 e. The van der Waals surface area contributed by atoms with Crippen LogP contribution in [0.2, 0.25) is 5.02 Å². The van der Waals surface area contributed by atoms with Crippen LogP contribution in [-0.4, -0.2) is 28.9 Å². The predicted molar refractivity (Wildman–Crippen MR) is 104 cm³/mol. The fourth-order valence-electron chi connectivity index (χ4n) is 3.40. The Balaban J connectivity index is 1.66. The molecule has 0 radical (unpaired) electrons. The lowest BCUT2D eigenvalue weighted by Gasteiger charge is -2.29. The average molecular weight is 369 g/mol. The molecule has 0 saturated heterocycles. The minimum Gasteiger partial charge on any atom is -0.497 e. The number of carbonyl (C=O) groups excluding carboxylic acids is 1. The molecular formula is C21H21ClN2O2. The van der Waals surface area contributed by atoms with Gasteiger partial charge < -0.3 is 14.6 Å². The molecule has 134 valence electrons. The molecule has 0 bridgehead atoms. The monoisotopic (exact) mass is 368 g/mol. The summed E-state index contributed by atoms with van der Waals surface area (Å²) in [5, 5.41) is 1.71. The highest BCUT2D eigenvalue weighted by molar-refractivity contribution is 6.30. The highest BCUT2D eigenvalue weighted by atomic mass is 35.5. The topological polar surface area (TPSA) is 45.3 Å². The van der Waals surface area contributed by atoms with Gasteiger partial charge in [-0.15, -0.1) is 0 Å². The smallest absolute Gasteiger partial charge is 0.271 e. The van der Waals surface area contributed by atoms with Crippen LogP contribution in [0.3, 0.4) is 0 Å². The van der Waals surface area contributed by atoms with E-state index in [0.717, 1.165) is 35.1 Å². The Morgan fingerprint density at radius 1 is 1.19 bits per heavy atom. The summed E-state index contributed by atoms with van der Waals surface area (Å²) in [5.41, 5.74) is 2.61. The Morgan fingerprint density at radius 2 is 1.92 bits per heavy atom. The maximum absolute atomic E-state index is 13.3. The van der Waals surface area contributed by atoms with Gasteiger partial charge in [-0.3, -0.25) is 4.79 Å². The molecule has 5 heteroatoms. The standard InChI is InChI=1S/C21H21ClN2O2/c1-13(14-3-6-16(22)7-4-14)24(17-8-9-17)21(25)20-11-15-5-10-18(26-2)12-19(15)23-20/h3-7,10-13,17,23H,8-9H2,1-2H3/t13-/m1/s1. The summed E-state index contributed by atoms with van der Waals surface area (Å²) in [5.74, 6) is 0.803. The van der Waals surface area contributed by atoms with Gasteiger partial charge in [0, 0.05) is 28.0 Å². The van der Waals surface area contributed by atoms with Crippen LogP contribution < -0.4 is 4.74 Å². The van der Waals surface area contributed by atoms with Crippen LogP contribution in [0.25, 0.3) is 10.9 Å². The number of aromatic nitrogens is 1. The first kappa shape index (κ1) is 17.0. The first-order valence-electron chi connectivity index (χ1n) is 8.81. The normalized spacial score (nSPS) is 15.0. The van der Waals surface area contributed by atoms with Crippen molar-refractivity contribution in [3.8, 4) is 5.75 Å². The van der Waals surface area contributed by atoms with Crippen molar-refractivity contribution in [2.75, 3.05) is 7.11 Å². The highest BCUT2D eigenvalue weighted by Crippen LogP contribution is 2.36. The summed E-state index contributed by atoms with van der Waals surface area (Å²) in [6.45, 7) is 2.07. The van der Waals surface area contributed by atoms with Crippen LogP contribution in [0.5, 0.6) is 5.75 Å². The number of halogens is 1. The molecule has 1 atom stereocenters. The molecule has 3 aromatic rings. The summed E-state index contributed by atoms with van der Waals surface area (Å²) < 4.78 is 5.27. The third-order valence-electron chi connectivity index (χ3n) is 5.00. The number of carbonyl (C=O) groups is 1. The van der Waals surface area contributed by atoms with Gasteiger partial charge in [0.2, 0.25) is 0 Å². The maximum Gasteiger partial charge on any atom is 0.271 e. The lowest BCUT2D eigenvalue weighted by Crippen LogP contribution is -2.35. The van der Waals surface area contributed by atoms with E-state index in [9.17, 15) is 4.79 Å². The van der Waals surface area contributed by atoms with Gasteiger partial charge >= 0.3 is 0 Å². The van der Waals surface area contributed by atoms with Crippen molar-refractivity contribution in [2.45, 2.75) is 31.8 Å². The minimum atomic E-state index is -0.00628. The first-order valence-corrected chi connectivity index (χ1v) is 9.19. The summed E-state index contributed by atoms with van der Waals surface area (Å²) in [7, 11) is 1.64. The van der Waals surface area contributed by atoms with Gasteiger partial charge in [-0.2, -0.15) is 0 Å². The van der Waals surface area contributed by atoms with Crippen LogP contribution >= 0.6 is 11.6 Å². The van der Waals surface area contributed by atoms with Crippen molar-refractivity contribution in [1.82, 2.24) is 9.88 Å². The van der Waals surface area contributed by atoms with Crippen molar-refractivity contribution in [3.05, 3.63) is 64.8 Å². The highest BCUT2D eigenvalue weighted by Gasteiger charge is 2.37. The molecule has 26 heavy (non-hydrogen) atoms. The number of rotatable bonds is 5. The van der Waals surface area contributed by atoms with Gasteiger partial charge in [0.15, 0.2) is 0 Å². The fraction of sp³-hybridized carbons (Fsp3) is 0.286. The van der Waals surface area contributed by atoms with Crippen molar-refractivity contribution in [3.63, 3.8) is 0 Å². The Labute approximate surface area is 157 Å². The SMILES string of the molecule is COc1ccc2cc(C(=O)N(C3CC3)[C@H](C)c3ccc(Cl)cc3)[nH]c2c1. The van der Waals surface area contributed by atoms with Crippen LogP contribution in [0, 0.1) is 0 Å². The Kier molecular flexibility index (Phi) is 4.37. The summed E-state index contributed by atoms with van der Waals surface area (Å²) in [6, 6.07) is 15.7. The van der Waals surface area contributed by atoms with E-state index in [4.69, 9.17) is 16.3 Å². The molecular weight excluding hydrogens is 348 g/mol. The molecule has 1 saturated carbocycles. The number of nitrogens with one attached hydrogen (secondary N) is 1. The lowest BCUT2D eigenvalue weighted by atomic mass is 10.1. The third kappa shape index (κ3) is 3.17. The Bertz CT molecular complexity index is 944. The second-order valence-corrected chi connectivity index (χ2v) is 7.24. The maximum atomic E-state index is 13.3. The van der Waals surface area contributed by atoms with Gasteiger partial charge in [0.25, 0.3) is 5.91 Å². The average Bonchev–Trinajstić information content (AvgIpc) is 3.39. The van der Waals surface area contributed by atoms with Crippen LogP contribution in [0.15, 0.2) is 48.5 Å². The van der Waals surface area contributed by atoms with Gasteiger partial charge in [-0.25, -0.2) is 0 Å². The van der Waals surface area contributed by atoms with E-state index in [1.165, 1.54) is 0 Å². The number of methoxy groups -OCH3 is 1. The van der Waals surface area contributed by atoms with Gasteiger partial charge in [-0.1, -0.05) is 23.7 Å². The number of hydrogen-bond donors (Lipinski definition) is 1. The number of nitrogens with zero attached hydrogens (tertiary/aromatic N) is 1. The molecule has 0 unspecified atom stereocenters. The molecule has 1 aromatic heterocycles. The number of ether oxygens (including phenoxy) is 1. The molecule has 1 aliphatic carbocycles. The second kappa shape index (κ2) is 6.69. The number of amides is 1. The predicted octanol–water partition coefficient (Wildman–Crippen LogP) is 5.20. The van der Waals surface area contributed by atoms with E-state index >= 15 is 0 Å². The number of aromatic amines is 1. The molecule has 1 amide bonds. The van der Waals surface area contributed by atoms with Crippen LogP contribution in [-0.2, 0) is 0 Å². The van der Waals surface area contributed by atoms with Crippen molar-refractivity contribution in [2.24, 2.45) is 0 Å². The van der Waals surface area contributed by atoms with Crippen molar-refractivity contribution in [1.29, 1.82) is 0 Å². The molecule has 2 aromatic carbocycles. The Morgan fingerprint density at radius 3 is 2.58 bits per heavy atom. The molecule has 4 nitrogen and oxygen atoms in total. The fourth-order valence-corrected chi connectivity index (χ4v) is 3.53. The number of benzene rings is 2. The van der Waals surface area contributed by atoms with E-state index in [1.807, 2.05) is 53.4 Å². The molecule has 1 heterocycles. The lowest BCUT2D eigenvalue weighted by molar-refractivity contribution is 0.0669. The molecule has 0 spiro atoms. The Hall–Kier alpha value is -2.46. The van der Waals surface area contributed by atoms with E-state index in [0.29, 0.717) is 16.8 Å². The molecule has 1 fully saturated rings.